The topological polar surface area (TPSA) is 0 Å². The van der Waals surface area contributed by atoms with Crippen LogP contribution >= 0.6 is 0 Å². The van der Waals surface area contributed by atoms with E-state index in [9.17, 15) is 17.6 Å². The van der Waals surface area contributed by atoms with Gasteiger partial charge in [0.25, 0.3) is 0 Å². The molecule has 10 heavy (non-hydrogen) atoms. The van der Waals surface area contributed by atoms with Gasteiger partial charge in [-0.15, -0.1) is 0 Å². The van der Waals surface area contributed by atoms with Crippen LogP contribution in [-0.4, -0.2) is 12.3 Å². The van der Waals surface area contributed by atoms with Crippen molar-refractivity contribution in [2.45, 2.75) is 38.5 Å². The van der Waals surface area contributed by atoms with Gasteiger partial charge in [-0.25, -0.2) is 17.6 Å². The Balaban J connectivity index is 3.63. The second-order valence-corrected chi connectivity index (χ2v) is 2.17. The smallest absolute Gasteiger partial charge is 0.204 e. The fraction of sp³-hybridized carbons (Fsp3) is 1.00. The van der Waals surface area contributed by atoms with Crippen molar-refractivity contribution in [3.05, 3.63) is 0 Å². The zero-order chi connectivity index (χ0) is 8.20. The van der Waals surface area contributed by atoms with Crippen molar-refractivity contribution in [1.82, 2.24) is 0 Å². The lowest BCUT2D eigenvalue weighted by Gasteiger charge is -2.13. The third kappa shape index (κ3) is 3.03. The van der Waals surface area contributed by atoms with Crippen molar-refractivity contribution >= 4 is 0 Å². The Kier molecular flexibility index (Phi) is 3.68. The molecule has 0 saturated carbocycles. The Bertz CT molecular complexity index is 89.7. The van der Waals surface area contributed by atoms with E-state index in [0.29, 0.717) is 6.42 Å². The summed E-state index contributed by atoms with van der Waals surface area (Å²) in [7, 11) is 0. The normalized spacial score (nSPS) is 12.6. The van der Waals surface area contributed by atoms with Gasteiger partial charge < -0.3 is 0 Å². The van der Waals surface area contributed by atoms with Crippen LogP contribution < -0.4 is 0 Å². The van der Waals surface area contributed by atoms with Gasteiger partial charge in [-0.1, -0.05) is 13.3 Å². The van der Waals surface area contributed by atoms with Crippen LogP contribution in [0, 0.1) is 0 Å². The summed E-state index contributed by atoms with van der Waals surface area (Å²) in [6.07, 6.45) is -3.56. The summed E-state index contributed by atoms with van der Waals surface area (Å²) in [5.74, 6) is -3.78. The highest BCUT2D eigenvalue weighted by atomic mass is 19.3. The van der Waals surface area contributed by atoms with Crippen LogP contribution in [0.15, 0.2) is 0 Å². The number of rotatable bonds is 4. The maximum atomic E-state index is 12.0. The molecule has 0 rings (SSSR count). The molecule has 0 aliphatic carbocycles. The van der Waals surface area contributed by atoms with Crippen LogP contribution in [0.3, 0.4) is 0 Å². The second kappa shape index (κ2) is 3.78. The zero-order valence-electron chi connectivity index (χ0n) is 5.71. The van der Waals surface area contributed by atoms with Crippen molar-refractivity contribution in [2.75, 3.05) is 0 Å². The maximum Gasteiger partial charge on any atom is 0.307 e. The van der Waals surface area contributed by atoms with Gasteiger partial charge in [0.05, 0.1) is 0 Å². The minimum atomic E-state index is -3.78. The van der Waals surface area contributed by atoms with E-state index >= 15 is 0 Å². The van der Waals surface area contributed by atoms with Crippen molar-refractivity contribution in [3.63, 3.8) is 0 Å². The van der Waals surface area contributed by atoms with E-state index in [4.69, 9.17) is 0 Å². The van der Waals surface area contributed by atoms with E-state index in [1.54, 1.807) is 6.92 Å². The molecule has 0 heterocycles. The average Bonchev–Trinajstić information content (AvgIpc) is 1.84. The summed E-state index contributed by atoms with van der Waals surface area (Å²) >= 11 is 0. The molecule has 0 aromatic rings. The summed E-state index contributed by atoms with van der Waals surface area (Å²) in [6.45, 7) is 1.68. The van der Waals surface area contributed by atoms with Crippen molar-refractivity contribution in [2.24, 2.45) is 0 Å². The molecule has 0 spiro atoms. The van der Waals surface area contributed by atoms with Crippen molar-refractivity contribution in [1.29, 1.82) is 0 Å². The molecule has 4 heteroatoms. The van der Waals surface area contributed by atoms with Gasteiger partial charge in [0.15, 0.2) is 0 Å². The Hall–Kier alpha value is -0.280. The SMILES string of the molecule is CCCCC(F)(F)C(F)F. The van der Waals surface area contributed by atoms with Gasteiger partial charge in [0.1, 0.15) is 0 Å². The van der Waals surface area contributed by atoms with Crippen molar-refractivity contribution < 1.29 is 17.6 Å². The average molecular weight is 158 g/mol. The predicted octanol–water partition coefficient (Wildman–Crippen LogP) is 3.08. The summed E-state index contributed by atoms with van der Waals surface area (Å²) in [6, 6.07) is 0. The molecule has 0 unspecified atom stereocenters. The molecule has 0 aromatic carbocycles. The van der Waals surface area contributed by atoms with E-state index in [-0.39, 0.29) is 6.42 Å². The standard InChI is InChI=1S/C6H10F4/c1-2-3-4-6(9,10)5(7)8/h5H,2-4H2,1H3. The molecule has 0 radical (unpaired) electrons. The summed E-state index contributed by atoms with van der Waals surface area (Å²) in [5, 5.41) is 0. The molecule has 0 amide bonds. The Labute approximate surface area is 57.2 Å². The summed E-state index contributed by atoms with van der Waals surface area (Å²) < 4.78 is 46.7. The zero-order valence-corrected chi connectivity index (χ0v) is 5.71. The monoisotopic (exact) mass is 158 g/mol. The lowest BCUT2D eigenvalue weighted by Crippen LogP contribution is -2.25. The molecule has 0 bridgehead atoms. The number of unbranched alkanes of at least 4 members (excludes halogenated alkanes) is 1. The van der Waals surface area contributed by atoms with E-state index in [0.717, 1.165) is 0 Å². The predicted molar refractivity (Wildman–Crippen MR) is 30.5 cm³/mol. The first-order chi connectivity index (χ1) is 4.50. The molecule has 0 fully saturated rings. The van der Waals surface area contributed by atoms with Gasteiger partial charge in [0, 0.05) is 6.42 Å². The fourth-order valence-electron chi connectivity index (χ4n) is 0.522. The third-order valence-electron chi connectivity index (χ3n) is 1.18. The molecule has 0 nitrogen and oxygen atoms in total. The second-order valence-electron chi connectivity index (χ2n) is 2.17. The number of alkyl halides is 4. The quantitative estimate of drug-likeness (QED) is 0.551. The van der Waals surface area contributed by atoms with Crippen LogP contribution in [0.5, 0.6) is 0 Å². The minimum Gasteiger partial charge on any atom is -0.204 e. The molecular formula is C6H10F4. The van der Waals surface area contributed by atoms with E-state index in [1.807, 2.05) is 0 Å². The van der Waals surface area contributed by atoms with Gasteiger partial charge in [0.2, 0.25) is 0 Å². The van der Waals surface area contributed by atoms with E-state index in [2.05, 4.69) is 0 Å². The molecule has 0 aliphatic heterocycles. The number of hydrogen-bond donors (Lipinski definition) is 0. The minimum absolute atomic E-state index is 0.150. The molecule has 0 saturated heterocycles. The van der Waals surface area contributed by atoms with Gasteiger partial charge in [-0.3, -0.25) is 0 Å². The van der Waals surface area contributed by atoms with E-state index in [1.165, 1.54) is 0 Å². The van der Waals surface area contributed by atoms with E-state index < -0.39 is 18.8 Å². The fourth-order valence-corrected chi connectivity index (χ4v) is 0.522. The largest absolute Gasteiger partial charge is 0.307 e. The first-order valence-electron chi connectivity index (χ1n) is 3.16. The molecular weight excluding hydrogens is 148 g/mol. The van der Waals surface area contributed by atoms with Crippen LogP contribution in [0.25, 0.3) is 0 Å². The van der Waals surface area contributed by atoms with Crippen molar-refractivity contribution in [3.8, 4) is 0 Å². The lowest BCUT2D eigenvalue weighted by atomic mass is 10.1. The first-order valence-corrected chi connectivity index (χ1v) is 3.16. The van der Waals surface area contributed by atoms with Gasteiger partial charge in [-0.2, -0.15) is 0 Å². The maximum absolute atomic E-state index is 12.0. The number of hydrogen-bond acceptors (Lipinski definition) is 0. The molecule has 0 aromatic heterocycles. The van der Waals surface area contributed by atoms with Crippen LogP contribution in [0.4, 0.5) is 17.6 Å². The Morgan fingerprint density at radius 1 is 1.30 bits per heavy atom. The molecule has 0 aliphatic rings. The first kappa shape index (κ1) is 9.72. The Morgan fingerprint density at radius 3 is 2.10 bits per heavy atom. The Morgan fingerprint density at radius 2 is 1.80 bits per heavy atom. The third-order valence-corrected chi connectivity index (χ3v) is 1.18. The van der Waals surface area contributed by atoms with Gasteiger partial charge >= 0.3 is 12.3 Å². The highest BCUT2D eigenvalue weighted by Gasteiger charge is 2.39. The molecule has 0 N–H and O–H groups in total. The van der Waals surface area contributed by atoms with Crippen LogP contribution in [0.2, 0.25) is 0 Å². The highest BCUT2D eigenvalue weighted by molar-refractivity contribution is 4.67. The van der Waals surface area contributed by atoms with Gasteiger partial charge in [-0.05, 0) is 6.42 Å². The lowest BCUT2D eigenvalue weighted by molar-refractivity contribution is -0.133. The molecule has 0 atom stereocenters. The summed E-state index contributed by atoms with van der Waals surface area (Å²) in [5.41, 5.74) is 0. The summed E-state index contributed by atoms with van der Waals surface area (Å²) in [4.78, 5) is 0. The molecule has 62 valence electrons. The van der Waals surface area contributed by atoms with Crippen LogP contribution in [-0.2, 0) is 0 Å². The van der Waals surface area contributed by atoms with Crippen LogP contribution in [0.1, 0.15) is 26.2 Å². The number of halogens is 4. The highest BCUT2D eigenvalue weighted by Crippen LogP contribution is 2.28.